The Kier molecular flexibility index (Phi) is 4.42. The van der Waals surface area contributed by atoms with Crippen LogP contribution in [0, 0.1) is 6.92 Å². The van der Waals surface area contributed by atoms with Crippen molar-refractivity contribution in [3.8, 4) is 0 Å². The second-order valence-corrected chi connectivity index (χ2v) is 5.90. The molecule has 4 nitrogen and oxygen atoms in total. The lowest BCUT2D eigenvalue weighted by atomic mass is 10.2. The maximum atomic E-state index is 10.8. The molecular weight excluding hydrogens is 296 g/mol. The van der Waals surface area contributed by atoms with Crippen LogP contribution in [0.25, 0.3) is 0 Å². The summed E-state index contributed by atoms with van der Waals surface area (Å²) in [5.74, 6) is -1.25. The third-order valence-corrected chi connectivity index (χ3v) is 4.08. The average molecular weight is 308 g/mol. The summed E-state index contributed by atoms with van der Waals surface area (Å²) in [4.78, 5) is 13.1. The van der Waals surface area contributed by atoms with Crippen LogP contribution in [-0.2, 0) is 0 Å². The van der Waals surface area contributed by atoms with Crippen molar-refractivity contribution in [3.05, 3.63) is 50.7 Å². The van der Waals surface area contributed by atoms with Crippen molar-refractivity contribution in [1.82, 2.24) is 0 Å². The number of hydrogen-bond acceptors (Lipinski definition) is 5. The zero-order valence-electron chi connectivity index (χ0n) is 10.9. The van der Waals surface area contributed by atoms with Crippen LogP contribution in [0.15, 0.2) is 35.4 Å². The minimum atomic E-state index is -1.25. The van der Waals surface area contributed by atoms with E-state index < -0.39 is 5.97 Å². The van der Waals surface area contributed by atoms with Gasteiger partial charge in [-0.05, 0) is 43.7 Å². The van der Waals surface area contributed by atoms with Crippen LogP contribution >= 0.6 is 22.9 Å². The van der Waals surface area contributed by atoms with Gasteiger partial charge in [0.05, 0.1) is 27.3 Å². The molecule has 0 atom stereocenters. The first-order chi connectivity index (χ1) is 9.47. The maximum Gasteiger partial charge on any atom is 0.0754 e. The van der Waals surface area contributed by atoms with Gasteiger partial charge < -0.3 is 9.90 Å². The van der Waals surface area contributed by atoms with E-state index in [0.717, 1.165) is 10.6 Å². The molecule has 0 bridgehead atoms. The van der Waals surface area contributed by atoms with Gasteiger partial charge >= 0.3 is 0 Å². The van der Waals surface area contributed by atoms with Gasteiger partial charge in [0.2, 0.25) is 0 Å². The Bertz CT molecular complexity index is 680. The monoisotopic (exact) mass is 307 g/mol. The van der Waals surface area contributed by atoms with Crippen LogP contribution in [0.3, 0.4) is 0 Å². The zero-order chi connectivity index (χ0) is 14.7. The quantitative estimate of drug-likeness (QED) is 0.697. The highest BCUT2D eigenvalue weighted by Crippen LogP contribution is 2.23. The third kappa shape index (κ3) is 3.37. The van der Waals surface area contributed by atoms with E-state index in [-0.39, 0.29) is 5.56 Å². The lowest BCUT2D eigenvalue weighted by Gasteiger charge is -2.08. The number of rotatable bonds is 4. The van der Waals surface area contributed by atoms with E-state index in [1.165, 1.54) is 23.1 Å². The van der Waals surface area contributed by atoms with Crippen LogP contribution in [0.5, 0.6) is 0 Å². The number of nitrogens with one attached hydrogen (secondary N) is 1. The van der Waals surface area contributed by atoms with Gasteiger partial charge in [-0.25, -0.2) is 0 Å². The smallest absolute Gasteiger partial charge is 0.0754 e. The molecule has 0 radical (unpaired) electrons. The fraction of sp³-hybridized carbons (Fsp3) is 0.143. The summed E-state index contributed by atoms with van der Waals surface area (Å²) in [5.41, 5.74) is 4.08. The maximum absolute atomic E-state index is 10.8. The summed E-state index contributed by atoms with van der Waals surface area (Å²) < 4.78 is 0. The summed E-state index contributed by atoms with van der Waals surface area (Å²) in [7, 11) is 0. The molecular formula is C14H12ClN2O2S-. The minimum Gasteiger partial charge on any atom is -0.545 e. The van der Waals surface area contributed by atoms with Crippen molar-refractivity contribution in [2.45, 2.75) is 13.8 Å². The number of nitrogens with zero attached hydrogens (tertiary/aromatic N) is 1. The van der Waals surface area contributed by atoms with Gasteiger partial charge in [-0.15, -0.1) is 11.3 Å². The Hall–Kier alpha value is -1.85. The lowest BCUT2D eigenvalue weighted by Crippen LogP contribution is -2.22. The number of anilines is 1. The number of carbonyl (C=O) groups is 1. The first-order valence-electron chi connectivity index (χ1n) is 5.85. The summed E-state index contributed by atoms with van der Waals surface area (Å²) in [5, 5.41) is 15.4. The second-order valence-electron chi connectivity index (χ2n) is 4.20. The van der Waals surface area contributed by atoms with Crippen molar-refractivity contribution in [2.24, 2.45) is 5.10 Å². The first kappa shape index (κ1) is 14.6. The van der Waals surface area contributed by atoms with Crippen molar-refractivity contribution in [3.63, 3.8) is 0 Å². The van der Waals surface area contributed by atoms with Crippen molar-refractivity contribution >= 4 is 40.3 Å². The predicted molar refractivity (Wildman–Crippen MR) is 80.7 cm³/mol. The number of hydrogen-bond donors (Lipinski definition) is 1. The number of thiophene rings is 1. The van der Waals surface area contributed by atoms with Gasteiger partial charge in [0.1, 0.15) is 0 Å². The van der Waals surface area contributed by atoms with Crippen LogP contribution in [0.1, 0.15) is 27.0 Å². The van der Waals surface area contributed by atoms with Gasteiger partial charge in [-0.1, -0.05) is 17.7 Å². The van der Waals surface area contributed by atoms with Gasteiger partial charge in [0, 0.05) is 4.88 Å². The molecule has 6 heteroatoms. The highest BCUT2D eigenvalue weighted by molar-refractivity contribution is 7.14. The number of aromatic carboxylic acids is 1. The van der Waals surface area contributed by atoms with Gasteiger partial charge in [-0.2, -0.15) is 5.10 Å². The molecule has 104 valence electrons. The number of carboxylic acid groups (broad SMARTS) is 1. The molecule has 2 aromatic rings. The Labute approximate surface area is 125 Å². The zero-order valence-corrected chi connectivity index (χ0v) is 12.5. The molecule has 0 fully saturated rings. The van der Waals surface area contributed by atoms with E-state index >= 15 is 0 Å². The SMILES string of the molecule is C/C(=N/Nc1cc(C(=O)[O-])ccc1Cl)c1ccc(C)s1. The molecule has 0 aliphatic carbocycles. The Balaban J connectivity index is 2.21. The second kappa shape index (κ2) is 6.07. The number of aryl methyl sites for hydroxylation is 1. The van der Waals surface area contributed by atoms with E-state index in [9.17, 15) is 9.90 Å². The molecule has 0 aliphatic rings. The number of benzene rings is 1. The summed E-state index contributed by atoms with van der Waals surface area (Å²) in [6.45, 7) is 3.89. The van der Waals surface area contributed by atoms with Crippen LogP contribution < -0.4 is 10.5 Å². The molecule has 1 N–H and O–H groups in total. The third-order valence-electron chi connectivity index (χ3n) is 2.64. The van der Waals surface area contributed by atoms with Crippen molar-refractivity contribution < 1.29 is 9.90 Å². The minimum absolute atomic E-state index is 0.0525. The first-order valence-corrected chi connectivity index (χ1v) is 7.05. The normalized spacial score (nSPS) is 11.4. The summed E-state index contributed by atoms with van der Waals surface area (Å²) in [6, 6.07) is 8.29. The molecule has 2 rings (SSSR count). The van der Waals surface area contributed by atoms with Crippen molar-refractivity contribution in [1.29, 1.82) is 0 Å². The van der Waals surface area contributed by atoms with Crippen LogP contribution in [-0.4, -0.2) is 11.7 Å². The molecule has 1 aromatic carbocycles. The Morgan fingerprint density at radius 1 is 1.35 bits per heavy atom. The fourth-order valence-corrected chi connectivity index (χ4v) is 2.54. The van der Waals surface area contributed by atoms with Gasteiger partial charge in [-0.3, -0.25) is 5.43 Å². The molecule has 0 amide bonds. The summed E-state index contributed by atoms with van der Waals surface area (Å²) >= 11 is 7.63. The molecule has 0 aliphatic heterocycles. The summed E-state index contributed by atoms with van der Waals surface area (Å²) in [6.07, 6.45) is 0. The fourth-order valence-electron chi connectivity index (χ4n) is 1.57. The molecule has 0 unspecified atom stereocenters. The number of halogens is 1. The van der Waals surface area contributed by atoms with Crippen LogP contribution in [0.4, 0.5) is 5.69 Å². The largest absolute Gasteiger partial charge is 0.545 e. The lowest BCUT2D eigenvalue weighted by molar-refractivity contribution is -0.255. The molecule has 0 spiro atoms. The van der Waals surface area contributed by atoms with E-state index in [1.54, 1.807) is 11.3 Å². The Morgan fingerprint density at radius 3 is 2.70 bits per heavy atom. The molecule has 0 saturated carbocycles. The van der Waals surface area contributed by atoms with E-state index in [4.69, 9.17) is 11.6 Å². The van der Waals surface area contributed by atoms with E-state index in [2.05, 4.69) is 10.5 Å². The standard InChI is InChI=1S/C14H13ClN2O2S/c1-8-3-6-13(20-8)9(2)16-17-12-7-10(14(18)19)4-5-11(12)15/h3-7,17H,1-2H3,(H,18,19)/p-1/b16-9-. The van der Waals surface area contributed by atoms with E-state index in [1.807, 2.05) is 26.0 Å². The molecule has 1 aromatic heterocycles. The predicted octanol–water partition coefficient (Wildman–Crippen LogP) is 2.91. The van der Waals surface area contributed by atoms with Crippen molar-refractivity contribution in [2.75, 3.05) is 5.43 Å². The van der Waals surface area contributed by atoms with E-state index in [0.29, 0.717) is 10.7 Å². The van der Waals surface area contributed by atoms with Crippen LogP contribution in [0.2, 0.25) is 5.02 Å². The molecule has 1 heterocycles. The Morgan fingerprint density at radius 2 is 2.10 bits per heavy atom. The van der Waals surface area contributed by atoms with Gasteiger partial charge in [0.15, 0.2) is 0 Å². The highest BCUT2D eigenvalue weighted by atomic mass is 35.5. The number of carboxylic acids is 1. The number of carbonyl (C=O) groups excluding carboxylic acids is 1. The number of hydrazone groups is 1. The molecule has 20 heavy (non-hydrogen) atoms. The topological polar surface area (TPSA) is 64.5 Å². The molecule has 0 saturated heterocycles. The average Bonchev–Trinajstić information content (AvgIpc) is 2.84. The highest BCUT2D eigenvalue weighted by Gasteiger charge is 2.04. The van der Waals surface area contributed by atoms with Gasteiger partial charge in [0.25, 0.3) is 0 Å².